The van der Waals surface area contributed by atoms with E-state index in [-0.39, 0.29) is 18.1 Å². The molecular weight excluding hydrogens is 238 g/mol. The largest absolute Gasteiger partial charge is 0.477 e. The molecule has 1 aromatic heterocycles. The van der Waals surface area contributed by atoms with Gasteiger partial charge in [0.1, 0.15) is 18.1 Å². The molecule has 1 rings (SSSR count). The highest BCUT2D eigenvalue weighted by Crippen LogP contribution is 2.04. The minimum Gasteiger partial charge on any atom is -0.477 e. The van der Waals surface area contributed by atoms with E-state index in [9.17, 15) is 9.59 Å². The summed E-state index contributed by atoms with van der Waals surface area (Å²) in [7, 11) is 1.59. The van der Waals surface area contributed by atoms with Crippen LogP contribution < -0.4 is 5.32 Å². The van der Waals surface area contributed by atoms with Crippen molar-refractivity contribution in [3.8, 4) is 0 Å². The molecule has 7 nitrogen and oxygen atoms in total. The topological polar surface area (TPSA) is 93.5 Å². The Hall–Kier alpha value is -1.89. The van der Waals surface area contributed by atoms with E-state index >= 15 is 0 Å². The number of carboxylic acids is 1. The van der Waals surface area contributed by atoms with Crippen LogP contribution in [-0.4, -0.2) is 46.8 Å². The van der Waals surface area contributed by atoms with Crippen LogP contribution in [0, 0.1) is 6.92 Å². The smallest absolute Gasteiger partial charge is 0.354 e. The van der Waals surface area contributed by atoms with Gasteiger partial charge in [0.05, 0.1) is 6.20 Å². The predicted octanol–water partition coefficient (Wildman–Crippen LogP) is 0.0424. The summed E-state index contributed by atoms with van der Waals surface area (Å²) in [5.41, 5.74) is 0.0135. The van der Waals surface area contributed by atoms with Gasteiger partial charge in [-0.25, -0.2) is 9.78 Å². The molecule has 0 radical (unpaired) electrons. The molecule has 1 aromatic rings. The van der Waals surface area contributed by atoms with Gasteiger partial charge in [-0.3, -0.25) is 4.79 Å². The second kappa shape index (κ2) is 6.75. The standard InChI is InChI=1S/C11H17N3O4/c1-8-13-6-9(11(16)17)14(8)7-10(15)12-4-3-5-18-2/h6H,3-5,7H2,1-2H3,(H,12,15)(H,16,17). The summed E-state index contributed by atoms with van der Waals surface area (Å²) >= 11 is 0. The zero-order valence-electron chi connectivity index (χ0n) is 10.5. The Labute approximate surface area is 105 Å². The molecule has 0 saturated carbocycles. The van der Waals surface area contributed by atoms with Gasteiger partial charge < -0.3 is 19.7 Å². The lowest BCUT2D eigenvalue weighted by Crippen LogP contribution is -2.30. The van der Waals surface area contributed by atoms with Gasteiger partial charge in [0.15, 0.2) is 0 Å². The van der Waals surface area contributed by atoms with Crippen molar-refractivity contribution < 1.29 is 19.4 Å². The van der Waals surface area contributed by atoms with Crippen LogP contribution in [0.25, 0.3) is 0 Å². The average Bonchev–Trinajstić information content (AvgIpc) is 2.67. The summed E-state index contributed by atoms with van der Waals surface area (Å²) < 4.78 is 6.22. The van der Waals surface area contributed by atoms with Crippen molar-refractivity contribution >= 4 is 11.9 Å². The fourth-order valence-corrected chi connectivity index (χ4v) is 1.48. The number of amides is 1. The molecule has 0 atom stereocenters. The van der Waals surface area contributed by atoms with Crippen molar-refractivity contribution in [2.24, 2.45) is 0 Å². The van der Waals surface area contributed by atoms with Gasteiger partial charge in [0, 0.05) is 20.3 Å². The number of methoxy groups -OCH3 is 1. The van der Waals surface area contributed by atoms with Crippen molar-refractivity contribution in [2.75, 3.05) is 20.3 Å². The van der Waals surface area contributed by atoms with Crippen LogP contribution in [0.15, 0.2) is 6.20 Å². The molecule has 18 heavy (non-hydrogen) atoms. The van der Waals surface area contributed by atoms with E-state index in [1.807, 2.05) is 0 Å². The van der Waals surface area contributed by atoms with E-state index in [2.05, 4.69) is 10.3 Å². The Balaban J connectivity index is 2.53. The number of aromatic nitrogens is 2. The Kier molecular flexibility index (Phi) is 5.31. The van der Waals surface area contributed by atoms with Gasteiger partial charge in [0.25, 0.3) is 0 Å². The lowest BCUT2D eigenvalue weighted by atomic mass is 10.4. The molecule has 2 N–H and O–H groups in total. The lowest BCUT2D eigenvalue weighted by Gasteiger charge is -2.08. The van der Waals surface area contributed by atoms with Gasteiger partial charge in [-0.2, -0.15) is 0 Å². The molecule has 1 amide bonds. The average molecular weight is 255 g/mol. The maximum absolute atomic E-state index is 11.6. The first kappa shape index (κ1) is 14.2. The Morgan fingerprint density at radius 2 is 2.28 bits per heavy atom. The minimum atomic E-state index is -1.09. The zero-order chi connectivity index (χ0) is 13.5. The number of nitrogens with one attached hydrogen (secondary N) is 1. The quantitative estimate of drug-likeness (QED) is 0.671. The third-order valence-corrected chi connectivity index (χ3v) is 2.42. The van der Waals surface area contributed by atoms with E-state index in [0.717, 1.165) is 6.42 Å². The Bertz CT molecular complexity index is 428. The second-order valence-corrected chi connectivity index (χ2v) is 3.78. The number of carbonyl (C=O) groups is 2. The molecule has 7 heteroatoms. The summed E-state index contributed by atoms with van der Waals surface area (Å²) in [5.74, 6) is -0.836. The summed E-state index contributed by atoms with van der Waals surface area (Å²) in [4.78, 5) is 26.4. The summed E-state index contributed by atoms with van der Waals surface area (Å²) in [6, 6.07) is 0. The number of imidazole rings is 1. The van der Waals surface area contributed by atoms with Crippen molar-refractivity contribution in [3.05, 3.63) is 17.7 Å². The van der Waals surface area contributed by atoms with Crippen LogP contribution in [0.5, 0.6) is 0 Å². The van der Waals surface area contributed by atoms with Gasteiger partial charge >= 0.3 is 5.97 Å². The number of carboxylic acid groups (broad SMARTS) is 1. The molecule has 0 aliphatic rings. The third-order valence-electron chi connectivity index (χ3n) is 2.42. The highest BCUT2D eigenvalue weighted by Gasteiger charge is 2.15. The van der Waals surface area contributed by atoms with Crippen LogP contribution in [-0.2, 0) is 16.1 Å². The van der Waals surface area contributed by atoms with Crippen molar-refractivity contribution in [1.29, 1.82) is 0 Å². The first-order chi connectivity index (χ1) is 8.56. The van der Waals surface area contributed by atoms with Crippen LogP contribution in [0.4, 0.5) is 0 Å². The van der Waals surface area contributed by atoms with E-state index in [0.29, 0.717) is 19.0 Å². The van der Waals surface area contributed by atoms with Crippen molar-refractivity contribution in [2.45, 2.75) is 19.9 Å². The molecule has 0 fully saturated rings. The maximum Gasteiger partial charge on any atom is 0.354 e. The minimum absolute atomic E-state index is 0.0135. The number of nitrogens with zero attached hydrogens (tertiary/aromatic N) is 2. The molecule has 0 spiro atoms. The van der Waals surface area contributed by atoms with E-state index in [1.165, 1.54) is 10.8 Å². The number of aromatic carboxylic acids is 1. The number of hydrogen-bond acceptors (Lipinski definition) is 4. The second-order valence-electron chi connectivity index (χ2n) is 3.78. The normalized spacial score (nSPS) is 10.3. The van der Waals surface area contributed by atoms with Crippen LogP contribution in [0.2, 0.25) is 0 Å². The highest BCUT2D eigenvalue weighted by molar-refractivity contribution is 5.86. The maximum atomic E-state index is 11.6. The number of aryl methyl sites for hydroxylation is 1. The first-order valence-corrected chi connectivity index (χ1v) is 5.57. The Morgan fingerprint density at radius 3 is 2.89 bits per heavy atom. The molecule has 0 unspecified atom stereocenters. The number of ether oxygens (including phenoxy) is 1. The number of carbonyl (C=O) groups excluding carboxylic acids is 1. The first-order valence-electron chi connectivity index (χ1n) is 5.57. The summed E-state index contributed by atoms with van der Waals surface area (Å²) in [6.07, 6.45) is 1.97. The SMILES string of the molecule is COCCCNC(=O)Cn1c(C(=O)O)cnc1C. The third kappa shape index (κ3) is 3.85. The van der Waals surface area contributed by atoms with E-state index in [1.54, 1.807) is 14.0 Å². The van der Waals surface area contributed by atoms with Gasteiger partial charge in [-0.1, -0.05) is 0 Å². The molecule has 0 saturated heterocycles. The van der Waals surface area contributed by atoms with E-state index < -0.39 is 5.97 Å². The highest BCUT2D eigenvalue weighted by atomic mass is 16.5. The van der Waals surface area contributed by atoms with Gasteiger partial charge in [-0.15, -0.1) is 0 Å². The van der Waals surface area contributed by atoms with Crippen molar-refractivity contribution in [1.82, 2.24) is 14.9 Å². The molecule has 1 heterocycles. The Morgan fingerprint density at radius 1 is 1.56 bits per heavy atom. The number of hydrogen-bond donors (Lipinski definition) is 2. The molecule has 0 aromatic carbocycles. The molecule has 0 aliphatic carbocycles. The fourth-order valence-electron chi connectivity index (χ4n) is 1.48. The fraction of sp³-hybridized carbons (Fsp3) is 0.545. The zero-order valence-corrected chi connectivity index (χ0v) is 10.5. The molecule has 0 aliphatic heterocycles. The van der Waals surface area contributed by atoms with Gasteiger partial charge in [-0.05, 0) is 13.3 Å². The number of rotatable bonds is 7. The van der Waals surface area contributed by atoms with E-state index in [4.69, 9.17) is 9.84 Å². The summed E-state index contributed by atoms with van der Waals surface area (Å²) in [5, 5.41) is 11.6. The van der Waals surface area contributed by atoms with Crippen molar-refractivity contribution in [3.63, 3.8) is 0 Å². The molecule has 100 valence electrons. The van der Waals surface area contributed by atoms with Gasteiger partial charge in [0.2, 0.25) is 5.91 Å². The lowest BCUT2D eigenvalue weighted by molar-refractivity contribution is -0.121. The van der Waals surface area contributed by atoms with Crippen LogP contribution in [0.3, 0.4) is 0 Å². The van der Waals surface area contributed by atoms with Crippen LogP contribution in [0.1, 0.15) is 22.7 Å². The van der Waals surface area contributed by atoms with Crippen LogP contribution >= 0.6 is 0 Å². The molecule has 0 bridgehead atoms. The predicted molar refractivity (Wildman–Crippen MR) is 63.4 cm³/mol. The molecular formula is C11H17N3O4. The summed E-state index contributed by atoms with van der Waals surface area (Å²) in [6.45, 7) is 2.69. The monoisotopic (exact) mass is 255 g/mol.